The highest BCUT2D eigenvalue weighted by molar-refractivity contribution is 5.88. The van der Waals surface area contributed by atoms with Gasteiger partial charge in [0, 0.05) is 18.5 Å². The van der Waals surface area contributed by atoms with Crippen molar-refractivity contribution in [3.05, 3.63) is 0 Å². The van der Waals surface area contributed by atoms with Crippen LogP contribution in [0, 0.1) is 11.8 Å². The molecule has 19 heavy (non-hydrogen) atoms. The molecule has 0 aromatic rings. The third kappa shape index (κ3) is 4.51. The first-order chi connectivity index (χ1) is 8.82. The molecule has 0 heterocycles. The van der Waals surface area contributed by atoms with Gasteiger partial charge in [-0.15, -0.1) is 0 Å². The van der Waals surface area contributed by atoms with E-state index in [9.17, 15) is 9.59 Å². The van der Waals surface area contributed by atoms with E-state index in [1.807, 2.05) is 18.7 Å². The standard InChI is InChI=1S/C15H28N2O2/c1-10(2)9-17(11(3)4)15(19)12(5)16-14(18)13-7-6-8-13/h10-13H,6-9H2,1-5H3,(H,16,18). The highest BCUT2D eigenvalue weighted by Crippen LogP contribution is 2.26. The summed E-state index contributed by atoms with van der Waals surface area (Å²) >= 11 is 0. The topological polar surface area (TPSA) is 49.4 Å². The molecule has 1 aliphatic carbocycles. The second-order valence-corrected chi connectivity index (χ2v) is 6.34. The Morgan fingerprint density at radius 2 is 1.74 bits per heavy atom. The van der Waals surface area contributed by atoms with Crippen molar-refractivity contribution in [2.75, 3.05) is 6.54 Å². The Kier molecular flexibility index (Phi) is 5.83. The van der Waals surface area contributed by atoms with Crippen molar-refractivity contribution in [2.24, 2.45) is 11.8 Å². The normalized spacial score (nSPS) is 17.2. The lowest BCUT2D eigenvalue weighted by Gasteiger charge is -2.32. The molecular formula is C15H28N2O2. The van der Waals surface area contributed by atoms with Gasteiger partial charge in [-0.05, 0) is 39.5 Å². The number of hydrogen-bond donors (Lipinski definition) is 1. The fourth-order valence-corrected chi connectivity index (χ4v) is 2.26. The minimum atomic E-state index is -0.422. The molecule has 0 aromatic heterocycles. The first kappa shape index (κ1) is 16.0. The molecule has 0 radical (unpaired) electrons. The summed E-state index contributed by atoms with van der Waals surface area (Å²) in [5, 5.41) is 2.86. The molecule has 4 heteroatoms. The van der Waals surface area contributed by atoms with Crippen LogP contribution < -0.4 is 5.32 Å². The van der Waals surface area contributed by atoms with Gasteiger partial charge in [0.2, 0.25) is 11.8 Å². The first-order valence-corrected chi connectivity index (χ1v) is 7.43. The maximum Gasteiger partial charge on any atom is 0.245 e. The lowest BCUT2D eigenvalue weighted by atomic mass is 9.84. The number of rotatable bonds is 6. The maximum absolute atomic E-state index is 12.4. The lowest BCUT2D eigenvalue weighted by Crippen LogP contribution is -2.51. The highest BCUT2D eigenvalue weighted by atomic mass is 16.2. The number of carbonyl (C=O) groups is 2. The Labute approximate surface area is 116 Å². The molecule has 2 amide bonds. The van der Waals surface area contributed by atoms with Crippen molar-refractivity contribution in [1.29, 1.82) is 0 Å². The van der Waals surface area contributed by atoms with Gasteiger partial charge in [0.05, 0.1) is 0 Å². The van der Waals surface area contributed by atoms with Crippen LogP contribution in [-0.4, -0.2) is 35.3 Å². The van der Waals surface area contributed by atoms with Gasteiger partial charge in [-0.3, -0.25) is 9.59 Å². The van der Waals surface area contributed by atoms with Crippen LogP contribution in [0.1, 0.15) is 53.9 Å². The number of hydrogen-bond acceptors (Lipinski definition) is 2. The van der Waals surface area contributed by atoms with Gasteiger partial charge in [0.25, 0.3) is 0 Å². The van der Waals surface area contributed by atoms with E-state index in [0.29, 0.717) is 5.92 Å². The predicted octanol–water partition coefficient (Wildman–Crippen LogP) is 2.18. The predicted molar refractivity (Wildman–Crippen MR) is 76.6 cm³/mol. The van der Waals surface area contributed by atoms with Crippen LogP contribution in [0.25, 0.3) is 0 Å². The molecule has 1 atom stereocenters. The average molecular weight is 268 g/mol. The van der Waals surface area contributed by atoms with E-state index in [0.717, 1.165) is 25.8 Å². The van der Waals surface area contributed by atoms with Crippen molar-refractivity contribution in [1.82, 2.24) is 10.2 Å². The van der Waals surface area contributed by atoms with E-state index in [4.69, 9.17) is 0 Å². The smallest absolute Gasteiger partial charge is 0.245 e. The van der Waals surface area contributed by atoms with E-state index >= 15 is 0 Å². The summed E-state index contributed by atoms with van der Waals surface area (Å²) in [4.78, 5) is 26.1. The summed E-state index contributed by atoms with van der Waals surface area (Å²) in [5.74, 6) is 0.630. The van der Waals surface area contributed by atoms with Gasteiger partial charge in [0.15, 0.2) is 0 Å². The van der Waals surface area contributed by atoms with E-state index in [-0.39, 0.29) is 23.8 Å². The van der Waals surface area contributed by atoms with Crippen LogP contribution in [0.2, 0.25) is 0 Å². The molecule has 1 aliphatic rings. The molecule has 0 spiro atoms. The Balaban J connectivity index is 2.54. The largest absolute Gasteiger partial charge is 0.344 e. The van der Waals surface area contributed by atoms with E-state index in [1.54, 1.807) is 6.92 Å². The van der Waals surface area contributed by atoms with Crippen LogP contribution in [-0.2, 0) is 9.59 Å². The number of nitrogens with zero attached hydrogens (tertiary/aromatic N) is 1. The Bertz CT molecular complexity index is 322. The third-order valence-corrected chi connectivity index (χ3v) is 3.67. The van der Waals surface area contributed by atoms with Crippen LogP contribution in [0.3, 0.4) is 0 Å². The van der Waals surface area contributed by atoms with Gasteiger partial charge in [-0.25, -0.2) is 0 Å². The van der Waals surface area contributed by atoms with Crippen molar-refractivity contribution >= 4 is 11.8 Å². The van der Waals surface area contributed by atoms with Gasteiger partial charge >= 0.3 is 0 Å². The summed E-state index contributed by atoms with van der Waals surface area (Å²) in [7, 11) is 0. The molecule has 0 bridgehead atoms. The summed E-state index contributed by atoms with van der Waals surface area (Å²) < 4.78 is 0. The van der Waals surface area contributed by atoms with Gasteiger partial charge in [-0.2, -0.15) is 0 Å². The number of amides is 2. The fourth-order valence-electron chi connectivity index (χ4n) is 2.26. The fraction of sp³-hybridized carbons (Fsp3) is 0.867. The zero-order chi connectivity index (χ0) is 14.6. The molecule has 0 saturated heterocycles. The van der Waals surface area contributed by atoms with Crippen molar-refractivity contribution < 1.29 is 9.59 Å². The Hall–Kier alpha value is -1.06. The molecular weight excluding hydrogens is 240 g/mol. The maximum atomic E-state index is 12.4. The molecule has 1 unspecified atom stereocenters. The van der Waals surface area contributed by atoms with E-state index in [1.165, 1.54) is 0 Å². The molecule has 1 N–H and O–H groups in total. The average Bonchev–Trinajstić information content (AvgIpc) is 2.21. The van der Waals surface area contributed by atoms with Crippen molar-refractivity contribution in [3.8, 4) is 0 Å². The second-order valence-electron chi connectivity index (χ2n) is 6.34. The van der Waals surface area contributed by atoms with Crippen LogP contribution in [0.15, 0.2) is 0 Å². The zero-order valence-corrected chi connectivity index (χ0v) is 12.9. The Morgan fingerprint density at radius 1 is 1.16 bits per heavy atom. The van der Waals surface area contributed by atoms with Gasteiger partial charge in [-0.1, -0.05) is 20.3 Å². The zero-order valence-electron chi connectivity index (χ0n) is 12.9. The SMILES string of the molecule is CC(C)CN(C(=O)C(C)NC(=O)C1CCC1)C(C)C. The number of carbonyl (C=O) groups excluding carboxylic acids is 2. The first-order valence-electron chi connectivity index (χ1n) is 7.43. The minimum absolute atomic E-state index is 0.0244. The lowest BCUT2D eigenvalue weighted by molar-refractivity contribution is -0.139. The third-order valence-electron chi connectivity index (χ3n) is 3.67. The van der Waals surface area contributed by atoms with E-state index < -0.39 is 6.04 Å². The van der Waals surface area contributed by atoms with E-state index in [2.05, 4.69) is 19.2 Å². The molecule has 1 fully saturated rings. The second kappa shape index (κ2) is 6.92. The minimum Gasteiger partial charge on any atom is -0.344 e. The molecule has 1 rings (SSSR count). The quantitative estimate of drug-likeness (QED) is 0.802. The summed E-state index contributed by atoms with van der Waals surface area (Å²) in [6.45, 7) is 10.7. The van der Waals surface area contributed by atoms with Crippen LogP contribution >= 0.6 is 0 Å². The van der Waals surface area contributed by atoms with Crippen molar-refractivity contribution in [2.45, 2.75) is 66.0 Å². The number of nitrogens with one attached hydrogen (secondary N) is 1. The summed E-state index contributed by atoms with van der Waals surface area (Å²) in [5.41, 5.74) is 0. The monoisotopic (exact) mass is 268 g/mol. The van der Waals surface area contributed by atoms with Gasteiger partial charge < -0.3 is 10.2 Å². The molecule has 0 aromatic carbocycles. The summed E-state index contributed by atoms with van der Waals surface area (Å²) in [6, 6.07) is -0.257. The highest BCUT2D eigenvalue weighted by Gasteiger charge is 2.29. The van der Waals surface area contributed by atoms with Crippen molar-refractivity contribution in [3.63, 3.8) is 0 Å². The molecule has 4 nitrogen and oxygen atoms in total. The van der Waals surface area contributed by atoms with Gasteiger partial charge in [0.1, 0.15) is 6.04 Å². The molecule has 0 aliphatic heterocycles. The molecule has 110 valence electrons. The Morgan fingerprint density at radius 3 is 2.11 bits per heavy atom. The summed E-state index contributed by atoms with van der Waals surface area (Å²) in [6.07, 6.45) is 3.06. The molecule has 1 saturated carbocycles. The van der Waals surface area contributed by atoms with Crippen LogP contribution in [0.5, 0.6) is 0 Å². The van der Waals surface area contributed by atoms with Crippen LogP contribution in [0.4, 0.5) is 0 Å².